The average molecular weight is 1420 g/mol. The fourth-order valence-electron chi connectivity index (χ4n) is 10.8. The van der Waals surface area contributed by atoms with Gasteiger partial charge in [-0.05, 0) is 107 Å². The molecule has 0 aliphatic carbocycles. The van der Waals surface area contributed by atoms with Gasteiger partial charge in [0.25, 0.3) is 0 Å². The summed E-state index contributed by atoms with van der Waals surface area (Å²) in [6.45, 7) is 6.60. The molecule has 1 aliphatic heterocycles. The number of carbonyl (C=O) groups is 12. The lowest BCUT2D eigenvalue weighted by molar-refractivity contribution is -0.144. The molecule has 0 bridgehead atoms. The molecular formula is C64H103N21O16. The zero-order valence-electron chi connectivity index (χ0n) is 57.7. The Morgan fingerprint density at radius 1 is 0.574 bits per heavy atom. The lowest BCUT2D eigenvalue weighted by Gasteiger charge is -2.31. The van der Waals surface area contributed by atoms with E-state index in [0.717, 1.165) is 4.90 Å². The number of nitrogens with one attached hydrogen (secondary N) is 12. The number of aliphatic imine (C=N–C) groups is 1. The second-order valence-electron chi connectivity index (χ2n) is 25.2. The van der Waals surface area contributed by atoms with Crippen molar-refractivity contribution in [2.45, 2.75) is 197 Å². The van der Waals surface area contributed by atoms with E-state index < -0.39 is 168 Å². The Labute approximate surface area is 584 Å². The van der Waals surface area contributed by atoms with Crippen molar-refractivity contribution in [3.63, 3.8) is 0 Å². The van der Waals surface area contributed by atoms with Crippen molar-refractivity contribution in [1.82, 2.24) is 78.0 Å². The Kier molecular flexibility index (Phi) is 35.5. The van der Waals surface area contributed by atoms with E-state index in [1.165, 1.54) is 56.2 Å². The van der Waals surface area contributed by atoms with Crippen molar-refractivity contribution >= 4 is 76.9 Å². The van der Waals surface area contributed by atoms with E-state index in [0.29, 0.717) is 62.1 Å². The number of likely N-dealkylation sites (tertiary alicyclic amines) is 1. The number of phenols is 1. The topological polar surface area (TPSA) is 609 Å². The molecule has 0 radical (unpaired) electrons. The number of nitrogens with two attached hydrogens (primary N) is 5. The largest absolute Gasteiger partial charge is 0.508 e. The first-order valence-electron chi connectivity index (χ1n) is 33.8. The molecule has 11 amide bonds. The van der Waals surface area contributed by atoms with Crippen LogP contribution in [0.4, 0.5) is 0 Å². The Bertz CT molecular complexity index is 3210. The molecule has 37 nitrogen and oxygen atoms in total. The minimum atomic E-state index is -1.68. The summed E-state index contributed by atoms with van der Waals surface area (Å²) in [7, 11) is 0. The van der Waals surface area contributed by atoms with Crippen molar-refractivity contribution in [2.24, 2.45) is 45.5 Å². The van der Waals surface area contributed by atoms with Crippen LogP contribution in [-0.4, -0.2) is 234 Å². The smallest absolute Gasteiger partial charge is 0.326 e. The number of H-pyrrole nitrogens is 2. The van der Waals surface area contributed by atoms with Gasteiger partial charge in [0.15, 0.2) is 5.96 Å². The molecule has 0 spiro atoms. The number of carbonyl (C=O) groups excluding carboxylic acids is 11. The number of aromatic amines is 2. The van der Waals surface area contributed by atoms with Crippen molar-refractivity contribution in [3.05, 3.63) is 66.3 Å². The van der Waals surface area contributed by atoms with Crippen LogP contribution in [0.2, 0.25) is 0 Å². The number of nitrogens with zero attached hydrogens (tertiary/aromatic N) is 4. The molecule has 1 saturated heterocycles. The van der Waals surface area contributed by atoms with E-state index in [4.69, 9.17) is 28.7 Å². The molecule has 3 heterocycles. The van der Waals surface area contributed by atoms with Gasteiger partial charge in [-0.25, -0.2) is 14.8 Å². The van der Waals surface area contributed by atoms with Gasteiger partial charge in [0.1, 0.15) is 72.2 Å². The summed E-state index contributed by atoms with van der Waals surface area (Å²) in [6, 6.07) is -11.3. The van der Waals surface area contributed by atoms with Crippen LogP contribution in [0, 0.1) is 11.8 Å². The Morgan fingerprint density at radius 2 is 1.04 bits per heavy atom. The maximum absolute atomic E-state index is 14.8. The summed E-state index contributed by atoms with van der Waals surface area (Å²) >= 11 is 0. The van der Waals surface area contributed by atoms with E-state index in [-0.39, 0.29) is 82.6 Å². The fraction of sp³-hybridized carbons (Fsp3) is 0.609. The Morgan fingerprint density at radius 3 is 1.54 bits per heavy atom. The molecule has 4 rings (SSSR count). The van der Waals surface area contributed by atoms with Gasteiger partial charge < -0.3 is 117 Å². The normalized spacial score (nSPS) is 16.3. The quantitative estimate of drug-likeness (QED) is 0.0142. The first-order chi connectivity index (χ1) is 48.0. The van der Waals surface area contributed by atoms with Gasteiger partial charge in [-0.15, -0.1) is 0 Å². The third-order valence-corrected chi connectivity index (χ3v) is 16.9. The number of hydrogen-bond acceptors (Lipinski definition) is 21. The third-order valence-electron chi connectivity index (χ3n) is 16.9. The minimum absolute atomic E-state index is 0.00621. The van der Waals surface area contributed by atoms with Crippen LogP contribution in [0.3, 0.4) is 0 Å². The maximum Gasteiger partial charge on any atom is 0.326 e. The standard InChI is InChI=1S/C64H103N21O16/c1-6-35(4)51(61(98)82-48(31-87)62(99)85-24-12-16-49(85)60(97)75-36(5)52(89)76-42(14-8-10-22-66)55(92)83-50(34(2)3)63(100)101)84-58(95)46(27-39-29-71-33-74-39)79-54(91)43(15-11-23-72-64(68)69)77-56(93)44(25-37-17-19-40(88)20-18-37)78-57(94)45(26-38-28-70-32-73-38)80-59(96)47(30-86)81-53(90)41(67)13-7-9-21-65/h17-20,28-29,32-36,41-51,86-88H,6-16,21-27,30-31,65-67H2,1-5H3,(H,70,73)(H,71,74)(H,75,97)(H,76,89)(H,77,93)(H,78,94)(H,79,91)(H,80,96)(H,81,90)(H,82,98)(H,83,92)(H,84,95)(H,100,101)(H4,68,69,72)/t35-,36+,41+,42+,43+,44+,45+,46+,47+,48+,49+,50+,51+/m0/s1. The lowest BCUT2D eigenvalue weighted by Crippen LogP contribution is -2.62. The van der Waals surface area contributed by atoms with Gasteiger partial charge >= 0.3 is 5.97 Å². The number of rotatable bonds is 45. The number of aliphatic hydroxyl groups is 2. The average Bonchev–Trinajstić information content (AvgIpc) is 1.76. The van der Waals surface area contributed by atoms with Crippen LogP contribution in [-0.2, 0) is 76.8 Å². The number of aliphatic hydroxyl groups excluding tert-OH is 2. The van der Waals surface area contributed by atoms with Crippen LogP contribution in [0.1, 0.15) is 122 Å². The first kappa shape index (κ1) is 83.6. The predicted octanol–water partition coefficient (Wildman–Crippen LogP) is -5.86. The molecule has 2 aromatic heterocycles. The second kappa shape index (κ2) is 43.0. The molecular weight excluding hydrogens is 1320 g/mol. The number of phenolic OH excluding ortho intramolecular Hbond substituents is 1. The first-order valence-corrected chi connectivity index (χ1v) is 33.8. The van der Waals surface area contributed by atoms with Crippen LogP contribution >= 0.6 is 0 Å². The van der Waals surface area contributed by atoms with Crippen LogP contribution in [0.5, 0.6) is 5.75 Å². The monoisotopic (exact) mass is 1420 g/mol. The summed E-state index contributed by atoms with van der Waals surface area (Å²) in [5.41, 5.74) is 29.5. The molecule has 13 atom stereocenters. The number of hydrogen-bond donors (Lipinski definition) is 21. The number of guanidine groups is 1. The van der Waals surface area contributed by atoms with Crippen molar-refractivity contribution < 1.29 is 78.0 Å². The molecule has 101 heavy (non-hydrogen) atoms. The summed E-state index contributed by atoms with van der Waals surface area (Å²) in [4.78, 5) is 186. The second-order valence-corrected chi connectivity index (χ2v) is 25.2. The number of aliphatic carboxylic acids is 1. The zero-order valence-corrected chi connectivity index (χ0v) is 57.7. The SMILES string of the molecule is CC[C@H](C)[C@@H](NC(=O)[C@@H](Cc1cnc[nH]1)NC(=O)[C@@H](CCCN=C(N)N)NC(=O)[C@@H](Cc1ccc(O)cc1)NC(=O)[C@@H](Cc1cnc[nH]1)NC(=O)[C@@H](CO)NC(=O)[C@H](N)CCCCN)C(=O)N[C@H](CO)C(=O)N1CCC[C@@H]1C(=O)N[C@H](C)C(=O)N[C@H](CCCCN)C(=O)N[C@@H](C(=O)O)C(C)C. The fourth-order valence-corrected chi connectivity index (χ4v) is 10.8. The summed E-state index contributed by atoms with van der Waals surface area (Å²) in [5.74, 6) is -12.6. The van der Waals surface area contributed by atoms with Crippen LogP contribution in [0.15, 0.2) is 54.3 Å². The van der Waals surface area contributed by atoms with Crippen LogP contribution < -0.4 is 81.8 Å². The summed E-state index contributed by atoms with van der Waals surface area (Å²) < 4.78 is 0. The third kappa shape index (κ3) is 27.7. The number of benzene rings is 1. The number of unbranched alkanes of at least 4 members (excludes halogenated alkanes) is 2. The molecule has 0 saturated carbocycles. The molecule has 560 valence electrons. The van der Waals surface area contributed by atoms with Gasteiger partial charge in [-0.2, -0.15) is 0 Å². The summed E-state index contributed by atoms with van der Waals surface area (Å²) in [5, 5.41) is 66.5. The molecule has 1 fully saturated rings. The van der Waals surface area contributed by atoms with E-state index >= 15 is 0 Å². The highest BCUT2D eigenvalue weighted by atomic mass is 16.4. The van der Waals surface area contributed by atoms with E-state index in [2.05, 4.69) is 78.1 Å². The highest BCUT2D eigenvalue weighted by Crippen LogP contribution is 2.21. The number of aromatic nitrogens is 4. The number of imidazole rings is 2. The van der Waals surface area contributed by atoms with E-state index in [9.17, 15) is 78.0 Å². The molecule has 37 heteroatoms. The highest BCUT2D eigenvalue weighted by molar-refractivity contribution is 6.00. The van der Waals surface area contributed by atoms with E-state index in [1.54, 1.807) is 27.7 Å². The van der Waals surface area contributed by atoms with Gasteiger partial charge in [0.05, 0.1) is 31.9 Å². The van der Waals surface area contributed by atoms with Gasteiger partial charge in [0.2, 0.25) is 65.0 Å². The van der Waals surface area contributed by atoms with Gasteiger partial charge in [-0.3, -0.25) is 57.7 Å². The molecule has 1 aliphatic rings. The van der Waals surface area contributed by atoms with Crippen molar-refractivity contribution in [2.75, 3.05) is 39.4 Å². The van der Waals surface area contributed by atoms with Crippen LogP contribution in [0.25, 0.3) is 0 Å². The number of carboxylic acids is 1. The minimum Gasteiger partial charge on any atom is -0.508 e. The number of amides is 11. The molecule has 26 N–H and O–H groups in total. The molecule has 3 aromatic rings. The number of aromatic hydroxyl groups is 1. The van der Waals surface area contributed by atoms with E-state index in [1.807, 2.05) is 0 Å². The summed E-state index contributed by atoms with van der Waals surface area (Å²) in [6.07, 6.45) is 7.34. The van der Waals surface area contributed by atoms with Crippen molar-refractivity contribution in [1.29, 1.82) is 0 Å². The Balaban J connectivity index is 1.59. The Hall–Kier alpha value is -9.85. The zero-order chi connectivity index (χ0) is 74.9. The molecule has 0 unspecified atom stereocenters. The van der Waals surface area contributed by atoms with Crippen molar-refractivity contribution in [3.8, 4) is 5.75 Å². The predicted molar refractivity (Wildman–Crippen MR) is 366 cm³/mol. The number of carboxylic acid groups (broad SMARTS) is 1. The molecule has 1 aromatic carbocycles. The highest BCUT2D eigenvalue weighted by Gasteiger charge is 2.41. The lowest BCUT2D eigenvalue weighted by atomic mass is 9.97. The maximum atomic E-state index is 14.8. The van der Waals surface area contributed by atoms with Gasteiger partial charge in [0, 0.05) is 56.1 Å². The van der Waals surface area contributed by atoms with Gasteiger partial charge in [-0.1, -0.05) is 52.7 Å².